The lowest BCUT2D eigenvalue weighted by Crippen LogP contribution is -2.31. The smallest absolute Gasteiger partial charge is 0.252 e. The molecule has 1 rings (SSSR count). The van der Waals surface area contributed by atoms with Crippen LogP contribution in [0.25, 0.3) is 0 Å². The number of thiophene rings is 1. The molecule has 1 heterocycles. The number of guanidine groups is 1. The monoisotopic (exact) mass is 344 g/mol. The molecule has 0 amide bonds. The molecule has 0 aromatic carbocycles. The fraction of sp³-hybridized carbons (Fsp3) is 0.500. The topological polar surface area (TPSA) is 87.8 Å². The molecule has 0 unspecified atom stereocenters. The van der Waals surface area contributed by atoms with Crippen molar-refractivity contribution in [2.24, 2.45) is 10.7 Å². The van der Waals surface area contributed by atoms with Gasteiger partial charge < -0.3 is 11.1 Å². The number of nitrogens with one attached hydrogen (secondary N) is 1. The maximum atomic E-state index is 12.4. The minimum atomic E-state index is -3.37. The van der Waals surface area contributed by atoms with Crippen LogP contribution >= 0.6 is 11.3 Å². The summed E-state index contributed by atoms with van der Waals surface area (Å²) < 4.78 is 26.6. The van der Waals surface area contributed by atoms with Crippen molar-refractivity contribution < 1.29 is 8.42 Å². The predicted octanol–water partition coefficient (Wildman–Crippen LogP) is 1.41. The highest BCUT2D eigenvalue weighted by Gasteiger charge is 2.23. The van der Waals surface area contributed by atoms with E-state index < -0.39 is 10.0 Å². The van der Waals surface area contributed by atoms with Crippen LogP contribution in [0.5, 0.6) is 0 Å². The summed E-state index contributed by atoms with van der Waals surface area (Å²) in [5.41, 5.74) is 5.67. The highest BCUT2D eigenvalue weighted by atomic mass is 32.2. The summed E-state index contributed by atoms with van der Waals surface area (Å²) in [4.78, 5) is 5.16. The zero-order valence-corrected chi connectivity index (χ0v) is 14.7. The number of nitrogens with two attached hydrogens (primary N) is 1. The van der Waals surface area contributed by atoms with E-state index in [1.807, 2.05) is 19.9 Å². The minimum Gasteiger partial charge on any atom is -0.370 e. The van der Waals surface area contributed by atoms with E-state index in [0.717, 1.165) is 4.88 Å². The number of hydrogen-bond acceptors (Lipinski definition) is 4. The zero-order valence-electron chi connectivity index (χ0n) is 13.1. The second-order valence-corrected chi connectivity index (χ2v) is 7.83. The summed E-state index contributed by atoms with van der Waals surface area (Å²) >= 11 is 1.29. The summed E-state index contributed by atoms with van der Waals surface area (Å²) in [5.74, 6) is 0.368. The van der Waals surface area contributed by atoms with E-state index in [-0.39, 0.29) is 0 Å². The summed E-state index contributed by atoms with van der Waals surface area (Å²) in [6, 6.07) is 3.50. The Hall–Kier alpha value is -1.38. The van der Waals surface area contributed by atoms with E-state index in [1.165, 1.54) is 15.6 Å². The first-order chi connectivity index (χ1) is 10.5. The highest BCUT2D eigenvalue weighted by molar-refractivity contribution is 7.91. The summed E-state index contributed by atoms with van der Waals surface area (Å²) in [6.07, 6.45) is 2.36. The number of rotatable bonds is 9. The minimum absolute atomic E-state index is 0.368. The van der Waals surface area contributed by atoms with E-state index in [2.05, 4.69) is 16.9 Å². The van der Waals surface area contributed by atoms with Crippen molar-refractivity contribution in [3.63, 3.8) is 0 Å². The van der Waals surface area contributed by atoms with Crippen molar-refractivity contribution in [3.05, 3.63) is 29.7 Å². The lowest BCUT2D eigenvalue weighted by atomic mass is 10.3. The van der Waals surface area contributed by atoms with Crippen LogP contribution < -0.4 is 11.1 Å². The Labute approximate surface area is 136 Å². The van der Waals surface area contributed by atoms with Crippen molar-refractivity contribution in [2.45, 2.75) is 24.5 Å². The van der Waals surface area contributed by atoms with Gasteiger partial charge in [0.1, 0.15) is 4.21 Å². The van der Waals surface area contributed by atoms with E-state index >= 15 is 0 Å². The second-order valence-electron chi connectivity index (χ2n) is 4.50. The standard InChI is InChI=1S/C14H24N4O2S2/c1-4-10-16-14(15)17-11-9-12-7-8-13(21-12)22(19,20)18(5-2)6-3/h4,7-8H,1,5-6,9-11H2,2-3H3,(H3,15,16,17). The van der Waals surface area contributed by atoms with Gasteiger partial charge in [0.05, 0.1) is 0 Å². The molecule has 22 heavy (non-hydrogen) atoms. The first-order valence-corrected chi connectivity index (χ1v) is 9.44. The molecule has 0 aliphatic carbocycles. The van der Waals surface area contributed by atoms with Crippen molar-refractivity contribution in [1.82, 2.24) is 9.62 Å². The van der Waals surface area contributed by atoms with Crippen LogP contribution in [0.2, 0.25) is 0 Å². The third-order valence-electron chi connectivity index (χ3n) is 3.00. The van der Waals surface area contributed by atoms with E-state index in [0.29, 0.717) is 42.8 Å². The van der Waals surface area contributed by atoms with Crippen LogP contribution in [-0.4, -0.2) is 44.9 Å². The number of sulfonamides is 1. The Morgan fingerprint density at radius 2 is 2.14 bits per heavy atom. The summed E-state index contributed by atoms with van der Waals surface area (Å²) in [6.45, 7) is 9.29. The van der Waals surface area contributed by atoms with Crippen molar-refractivity contribution in [2.75, 3.05) is 26.2 Å². The molecule has 0 saturated heterocycles. The lowest BCUT2D eigenvalue weighted by molar-refractivity contribution is 0.447. The van der Waals surface area contributed by atoms with Gasteiger partial charge in [-0.3, -0.25) is 4.99 Å². The maximum absolute atomic E-state index is 12.4. The fourth-order valence-corrected chi connectivity index (χ4v) is 4.80. The molecule has 124 valence electrons. The summed E-state index contributed by atoms with van der Waals surface area (Å²) in [5, 5.41) is 2.89. The van der Waals surface area contributed by atoms with Gasteiger partial charge in [0.2, 0.25) is 0 Å². The molecule has 0 spiro atoms. The van der Waals surface area contributed by atoms with Gasteiger partial charge in [0.15, 0.2) is 5.96 Å². The predicted molar refractivity (Wildman–Crippen MR) is 92.8 cm³/mol. The first-order valence-electron chi connectivity index (χ1n) is 7.19. The summed E-state index contributed by atoms with van der Waals surface area (Å²) in [7, 11) is -3.37. The third-order valence-corrected chi connectivity index (χ3v) is 6.67. The number of hydrogen-bond donors (Lipinski definition) is 2. The average Bonchev–Trinajstić information content (AvgIpc) is 2.95. The van der Waals surface area contributed by atoms with Crippen molar-refractivity contribution >= 4 is 27.3 Å². The maximum Gasteiger partial charge on any atom is 0.252 e. The number of aliphatic imine (C=N–C) groups is 1. The van der Waals surface area contributed by atoms with E-state index in [1.54, 1.807) is 12.1 Å². The average molecular weight is 345 g/mol. The third kappa shape index (κ3) is 5.11. The zero-order chi connectivity index (χ0) is 16.6. The molecule has 0 aliphatic rings. The lowest BCUT2D eigenvalue weighted by Gasteiger charge is -2.16. The second kappa shape index (κ2) is 8.92. The molecule has 6 nitrogen and oxygen atoms in total. The fourth-order valence-electron chi connectivity index (χ4n) is 1.84. The largest absolute Gasteiger partial charge is 0.370 e. The van der Waals surface area contributed by atoms with Gasteiger partial charge in [-0.2, -0.15) is 4.31 Å². The molecule has 0 aliphatic heterocycles. The quantitative estimate of drug-likeness (QED) is 0.403. The molecule has 0 saturated carbocycles. The Morgan fingerprint density at radius 3 is 2.73 bits per heavy atom. The van der Waals surface area contributed by atoms with Crippen molar-refractivity contribution in [3.8, 4) is 0 Å². The SMILES string of the molecule is C=CCNC(N)=NCCc1ccc(S(=O)(=O)N(CC)CC)s1. The van der Waals surface area contributed by atoms with Crippen molar-refractivity contribution in [1.29, 1.82) is 0 Å². The molecule has 1 aromatic heterocycles. The van der Waals surface area contributed by atoms with E-state index in [9.17, 15) is 8.42 Å². The molecule has 0 atom stereocenters. The van der Waals surface area contributed by atoms with Gasteiger partial charge in [-0.05, 0) is 12.1 Å². The highest BCUT2D eigenvalue weighted by Crippen LogP contribution is 2.25. The Morgan fingerprint density at radius 1 is 1.45 bits per heavy atom. The van der Waals surface area contributed by atoms with E-state index in [4.69, 9.17) is 5.73 Å². The Balaban J connectivity index is 2.67. The molecular formula is C14H24N4O2S2. The van der Waals surface area contributed by atoms with Crippen LogP contribution in [-0.2, 0) is 16.4 Å². The molecule has 1 aromatic rings. The van der Waals surface area contributed by atoms with Crippen LogP contribution in [0, 0.1) is 0 Å². The molecular weight excluding hydrogens is 320 g/mol. The molecule has 8 heteroatoms. The van der Waals surface area contributed by atoms with Gasteiger partial charge in [-0.25, -0.2) is 8.42 Å². The van der Waals surface area contributed by atoms with Gasteiger partial charge >= 0.3 is 0 Å². The van der Waals surface area contributed by atoms with Crippen LogP contribution in [0.3, 0.4) is 0 Å². The molecule has 3 N–H and O–H groups in total. The molecule has 0 radical (unpaired) electrons. The normalized spacial score (nSPS) is 12.6. The van der Waals surface area contributed by atoms with Gasteiger partial charge in [-0.1, -0.05) is 19.9 Å². The Bertz CT molecular complexity index is 604. The van der Waals surface area contributed by atoms with Gasteiger partial charge in [0.25, 0.3) is 10.0 Å². The van der Waals surface area contributed by atoms with Gasteiger partial charge in [0, 0.05) is 37.5 Å². The van der Waals surface area contributed by atoms with Crippen LogP contribution in [0.15, 0.2) is 34.0 Å². The first kappa shape index (κ1) is 18.7. The van der Waals surface area contributed by atoms with Gasteiger partial charge in [-0.15, -0.1) is 17.9 Å². The molecule has 0 bridgehead atoms. The van der Waals surface area contributed by atoms with Crippen LogP contribution in [0.1, 0.15) is 18.7 Å². The molecule has 0 fully saturated rings. The number of nitrogens with zero attached hydrogens (tertiary/aromatic N) is 2. The van der Waals surface area contributed by atoms with Crippen LogP contribution in [0.4, 0.5) is 0 Å². The Kier molecular flexibility index (Phi) is 7.57.